The van der Waals surface area contributed by atoms with Gasteiger partial charge >= 0.3 is 0 Å². The number of likely N-dealkylation sites (tertiary alicyclic amines) is 1. The van der Waals surface area contributed by atoms with Crippen LogP contribution >= 0.6 is 0 Å². The lowest BCUT2D eigenvalue weighted by atomic mass is 9.91. The predicted molar refractivity (Wildman–Crippen MR) is 86.2 cm³/mol. The molecule has 120 valence electrons. The number of likely N-dealkylation sites (N-methyl/N-ethyl adjacent to an activating group) is 2. The van der Waals surface area contributed by atoms with Gasteiger partial charge in [0.15, 0.2) is 0 Å². The second-order valence-corrected chi connectivity index (χ2v) is 6.28. The van der Waals surface area contributed by atoms with Gasteiger partial charge in [0.05, 0.1) is 6.61 Å². The summed E-state index contributed by atoms with van der Waals surface area (Å²) in [5, 5.41) is 13.1. The zero-order valence-corrected chi connectivity index (χ0v) is 13.8. The number of hydrogen-bond donors (Lipinski definition) is 2. The number of hydrogen-bond acceptors (Lipinski definition) is 4. The van der Waals surface area contributed by atoms with Gasteiger partial charge in [0, 0.05) is 18.6 Å². The van der Waals surface area contributed by atoms with E-state index in [-0.39, 0.29) is 12.1 Å². The molecule has 4 nitrogen and oxygen atoms in total. The van der Waals surface area contributed by atoms with Crippen molar-refractivity contribution < 1.29 is 5.11 Å². The Morgan fingerprint density at radius 3 is 2.45 bits per heavy atom. The molecule has 1 heterocycles. The monoisotopic (exact) mass is 285 g/mol. The van der Waals surface area contributed by atoms with Crippen molar-refractivity contribution in [3.8, 4) is 0 Å². The van der Waals surface area contributed by atoms with Crippen LogP contribution in [0.2, 0.25) is 0 Å². The maximum Gasteiger partial charge on any atom is 0.0613 e. The summed E-state index contributed by atoms with van der Waals surface area (Å²) in [6, 6.07) is 0. The topological polar surface area (TPSA) is 38.7 Å². The Labute approximate surface area is 125 Å². The molecule has 0 aliphatic carbocycles. The average Bonchev–Trinajstić information content (AvgIpc) is 2.97. The molecule has 0 amide bonds. The molecule has 1 aliphatic heterocycles. The smallest absolute Gasteiger partial charge is 0.0613 e. The highest BCUT2D eigenvalue weighted by Gasteiger charge is 2.25. The lowest BCUT2D eigenvalue weighted by Crippen LogP contribution is -2.48. The Bertz CT molecular complexity index is 238. The van der Waals surface area contributed by atoms with Gasteiger partial charge < -0.3 is 20.2 Å². The van der Waals surface area contributed by atoms with Crippen molar-refractivity contribution in [1.29, 1.82) is 0 Å². The lowest BCUT2D eigenvalue weighted by molar-refractivity contribution is 0.141. The number of aliphatic hydroxyl groups is 1. The third kappa shape index (κ3) is 6.08. The maximum atomic E-state index is 9.64. The summed E-state index contributed by atoms with van der Waals surface area (Å²) in [6.45, 7) is 11.5. The highest BCUT2D eigenvalue weighted by Crippen LogP contribution is 2.17. The Balaban J connectivity index is 2.17. The third-order valence-electron chi connectivity index (χ3n) is 4.72. The Morgan fingerprint density at radius 1 is 1.20 bits per heavy atom. The number of nitrogens with one attached hydrogen (secondary N) is 1. The van der Waals surface area contributed by atoms with Gasteiger partial charge in [-0.3, -0.25) is 0 Å². The van der Waals surface area contributed by atoms with E-state index in [0.717, 1.165) is 32.4 Å². The molecule has 0 aromatic rings. The molecule has 0 saturated carbocycles. The molecule has 1 rings (SSSR count). The fraction of sp³-hybridized carbons (Fsp3) is 1.00. The van der Waals surface area contributed by atoms with Crippen LogP contribution in [0.15, 0.2) is 0 Å². The van der Waals surface area contributed by atoms with Crippen molar-refractivity contribution in [2.24, 2.45) is 0 Å². The van der Waals surface area contributed by atoms with E-state index in [1.165, 1.54) is 39.0 Å². The van der Waals surface area contributed by atoms with Gasteiger partial charge in [-0.1, -0.05) is 13.8 Å². The summed E-state index contributed by atoms with van der Waals surface area (Å²) < 4.78 is 0. The van der Waals surface area contributed by atoms with Crippen LogP contribution in [0.25, 0.3) is 0 Å². The van der Waals surface area contributed by atoms with Gasteiger partial charge in [0.1, 0.15) is 0 Å². The predicted octanol–water partition coefficient (Wildman–Crippen LogP) is 1.54. The van der Waals surface area contributed by atoms with Crippen LogP contribution in [0, 0.1) is 0 Å². The molecule has 4 heteroatoms. The fourth-order valence-corrected chi connectivity index (χ4v) is 3.13. The summed E-state index contributed by atoms with van der Waals surface area (Å²) in [7, 11) is 2.22. The second kappa shape index (κ2) is 9.72. The fourth-order valence-electron chi connectivity index (χ4n) is 3.13. The van der Waals surface area contributed by atoms with Crippen LogP contribution in [0.4, 0.5) is 0 Å². The molecule has 0 bridgehead atoms. The van der Waals surface area contributed by atoms with E-state index in [1.54, 1.807) is 0 Å². The largest absolute Gasteiger partial charge is 0.394 e. The first kappa shape index (κ1) is 17.9. The molecule has 0 spiro atoms. The van der Waals surface area contributed by atoms with Crippen LogP contribution in [-0.4, -0.2) is 73.4 Å². The van der Waals surface area contributed by atoms with E-state index in [9.17, 15) is 5.11 Å². The molecule has 0 radical (unpaired) electrons. The van der Waals surface area contributed by atoms with Crippen molar-refractivity contribution in [1.82, 2.24) is 15.1 Å². The molecule has 2 N–H and O–H groups in total. The quantitative estimate of drug-likeness (QED) is 0.604. The zero-order valence-electron chi connectivity index (χ0n) is 13.8. The molecule has 20 heavy (non-hydrogen) atoms. The van der Waals surface area contributed by atoms with Crippen molar-refractivity contribution in [3.05, 3.63) is 0 Å². The molecule has 1 aliphatic rings. The first-order valence-electron chi connectivity index (χ1n) is 8.42. The second-order valence-electron chi connectivity index (χ2n) is 6.28. The van der Waals surface area contributed by atoms with Crippen LogP contribution in [0.1, 0.15) is 46.0 Å². The van der Waals surface area contributed by atoms with Crippen molar-refractivity contribution in [2.75, 3.05) is 52.9 Å². The number of aliphatic hydroxyl groups excluding tert-OH is 1. The standard InChI is InChI=1S/C16H35N3O/c1-4-16(15-20,17-5-2)9-8-10-18(3)13-14-19-11-6-7-12-19/h17,20H,4-15H2,1-3H3. The third-order valence-corrected chi connectivity index (χ3v) is 4.72. The Morgan fingerprint density at radius 2 is 1.90 bits per heavy atom. The van der Waals surface area contributed by atoms with E-state index >= 15 is 0 Å². The number of rotatable bonds is 11. The average molecular weight is 285 g/mol. The molecular weight excluding hydrogens is 250 g/mol. The van der Waals surface area contributed by atoms with E-state index in [4.69, 9.17) is 0 Å². The lowest BCUT2D eigenvalue weighted by Gasteiger charge is -2.32. The molecule has 1 unspecified atom stereocenters. The SMILES string of the molecule is CCNC(CC)(CO)CCCN(C)CCN1CCCC1. The minimum absolute atomic E-state index is 0.0649. The van der Waals surface area contributed by atoms with Crippen molar-refractivity contribution >= 4 is 0 Å². The highest BCUT2D eigenvalue weighted by molar-refractivity contribution is 4.85. The van der Waals surface area contributed by atoms with Gasteiger partial charge in [0.2, 0.25) is 0 Å². The molecule has 1 saturated heterocycles. The van der Waals surface area contributed by atoms with E-state index in [2.05, 4.69) is 36.0 Å². The Kier molecular flexibility index (Phi) is 8.69. The van der Waals surface area contributed by atoms with Crippen LogP contribution in [0.3, 0.4) is 0 Å². The van der Waals surface area contributed by atoms with E-state index in [1.807, 2.05) is 0 Å². The Hall–Kier alpha value is -0.160. The van der Waals surface area contributed by atoms with Crippen LogP contribution in [-0.2, 0) is 0 Å². The van der Waals surface area contributed by atoms with Gasteiger partial charge in [-0.2, -0.15) is 0 Å². The first-order valence-corrected chi connectivity index (χ1v) is 8.42. The summed E-state index contributed by atoms with van der Waals surface area (Å²) in [6.07, 6.45) is 5.96. The molecule has 1 fully saturated rings. The van der Waals surface area contributed by atoms with Gasteiger partial charge in [-0.15, -0.1) is 0 Å². The zero-order chi connectivity index (χ0) is 14.8. The van der Waals surface area contributed by atoms with E-state index < -0.39 is 0 Å². The van der Waals surface area contributed by atoms with Gasteiger partial charge in [0.25, 0.3) is 0 Å². The normalized spacial score (nSPS) is 19.6. The summed E-state index contributed by atoms with van der Waals surface area (Å²) >= 11 is 0. The van der Waals surface area contributed by atoms with Gasteiger partial charge in [-0.05, 0) is 65.3 Å². The number of nitrogens with zero attached hydrogens (tertiary/aromatic N) is 2. The van der Waals surface area contributed by atoms with Gasteiger partial charge in [-0.25, -0.2) is 0 Å². The summed E-state index contributed by atoms with van der Waals surface area (Å²) in [4.78, 5) is 5.00. The van der Waals surface area contributed by atoms with E-state index in [0.29, 0.717) is 0 Å². The molecule has 0 aromatic heterocycles. The van der Waals surface area contributed by atoms with Crippen molar-refractivity contribution in [3.63, 3.8) is 0 Å². The minimum atomic E-state index is -0.0649. The maximum absolute atomic E-state index is 9.64. The first-order chi connectivity index (χ1) is 9.65. The van der Waals surface area contributed by atoms with Crippen molar-refractivity contribution in [2.45, 2.75) is 51.5 Å². The molecule has 0 aromatic carbocycles. The highest BCUT2D eigenvalue weighted by atomic mass is 16.3. The van der Waals surface area contributed by atoms with Crippen LogP contribution < -0.4 is 5.32 Å². The molecular formula is C16H35N3O. The molecule has 1 atom stereocenters. The van der Waals surface area contributed by atoms with Crippen LogP contribution in [0.5, 0.6) is 0 Å². The summed E-state index contributed by atoms with van der Waals surface area (Å²) in [5.41, 5.74) is -0.0649. The summed E-state index contributed by atoms with van der Waals surface area (Å²) in [5.74, 6) is 0. The minimum Gasteiger partial charge on any atom is -0.394 e.